The van der Waals surface area contributed by atoms with Crippen molar-refractivity contribution in [3.05, 3.63) is 94.5 Å². The average molecular weight is 570 g/mol. The second kappa shape index (κ2) is 12.5. The molecule has 3 aromatic rings. The van der Waals surface area contributed by atoms with Crippen molar-refractivity contribution in [2.24, 2.45) is 0 Å². The van der Waals surface area contributed by atoms with Gasteiger partial charge >= 0.3 is 0 Å². The Morgan fingerprint density at radius 2 is 1.28 bits per heavy atom. The van der Waals surface area contributed by atoms with Crippen molar-refractivity contribution in [3.63, 3.8) is 0 Å². The molecule has 3 aromatic carbocycles. The molecule has 0 aliphatic heterocycles. The van der Waals surface area contributed by atoms with Gasteiger partial charge in [-0.15, -0.1) is 0 Å². The molecule has 2 atom stereocenters. The lowest BCUT2D eigenvalue weighted by molar-refractivity contribution is 0.0895. The van der Waals surface area contributed by atoms with Gasteiger partial charge in [0.15, 0.2) is 11.1 Å². The molecule has 1 N–H and O–H groups in total. The van der Waals surface area contributed by atoms with E-state index in [0.29, 0.717) is 10.8 Å². The molecule has 39 heavy (non-hydrogen) atoms. The largest absolute Gasteiger partial charge is 0.279 e. The molecule has 0 radical (unpaired) electrons. The van der Waals surface area contributed by atoms with Crippen LogP contribution in [0.15, 0.2) is 76.5 Å². The van der Waals surface area contributed by atoms with Gasteiger partial charge in [-0.2, -0.15) is 0 Å². The molecule has 0 aromatic heterocycles. The first-order valence-electron chi connectivity index (χ1n) is 13.6. The molecule has 0 fully saturated rings. The highest BCUT2D eigenvalue weighted by Crippen LogP contribution is 2.38. The number of sulfonamides is 1. The smallest absolute Gasteiger partial charge is 0.241 e. The minimum absolute atomic E-state index is 0.136. The molecule has 0 amide bonds. The average Bonchev–Trinajstić information content (AvgIpc) is 2.86. The van der Waals surface area contributed by atoms with Gasteiger partial charge in [-0.25, -0.2) is 17.3 Å². The topological polar surface area (TPSA) is 72.5 Å². The molecule has 0 saturated carbocycles. The van der Waals surface area contributed by atoms with Crippen LogP contribution in [-0.2, 0) is 25.3 Å². The van der Waals surface area contributed by atoms with Gasteiger partial charge in [0.05, 0.1) is 15.8 Å². The highest BCUT2D eigenvalue weighted by atomic mass is 32.2. The number of hydrogen-bond donors (Lipinski definition) is 1. The second-order valence-corrected chi connectivity index (χ2v) is 14.5. The Labute approximate surface area is 238 Å². The van der Waals surface area contributed by atoms with Crippen LogP contribution >= 0.6 is 0 Å². The van der Waals surface area contributed by atoms with Crippen LogP contribution in [0, 0.1) is 6.92 Å². The van der Waals surface area contributed by atoms with Crippen molar-refractivity contribution in [2.45, 2.75) is 102 Å². The standard InChI is InChI=1S/C32H43NO4S2/c1-21(2)26-19-28(22(3)4)30(29(20-26)23(5)6)38(34)37-32(8,9)31(25-13-11-10-12-14-25)33-39(35,36)27-17-15-24(7)16-18-27/h10-23,31,33H,1-9H3/t31-,38+/m1/s1. The van der Waals surface area contributed by atoms with Crippen LogP contribution in [0.5, 0.6) is 0 Å². The van der Waals surface area contributed by atoms with Crippen LogP contribution in [0.25, 0.3) is 0 Å². The predicted molar refractivity (Wildman–Crippen MR) is 161 cm³/mol. The van der Waals surface area contributed by atoms with Crippen LogP contribution in [0.1, 0.15) is 107 Å². The van der Waals surface area contributed by atoms with Crippen molar-refractivity contribution in [1.29, 1.82) is 0 Å². The Hall–Kier alpha value is -2.32. The number of hydrogen-bond acceptors (Lipinski definition) is 4. The Morgan fingerprint density at radius 1 is 0.769 bits per heavy atom. The maximum atomic E-state index is 14.1. The summed E-state index contributed by atoms with van der Waals surface area (Å²) in [5, 5.41) is 0. The lowest BCUT2D eigenvalue weighted by atomic mass is 9.89. The summed E-state index contributed by atoms with van der Waals surface area (Å²) in [6.45, 7) is 18.2. The molecule has 0 bridgehead atoms. The molecular weight excluding hydrogens is 526 g/mol. The maximum Gasteiger partial charge on any atom is 0.241 e. The first-order valence-corrected chi connectivity index (χ1v) is 16.1. The van der Waals surface area contributed by atoms with E-state index in [-0.39, 0.29) is 16.7 Å². The quantitative estimate of drug-likeness (QED) is 0.255. The molecule has 0 heterocycles. The van der Waals surface area contributed by atoms with E-state index in [9.17, 15) is 12.6 Å². The predicted octanol–water partition coefficient (Wildman–Crippen LogP) is 7.90. The minimum Gasteiger partial charge on any atom is -0.279 e. The van der Waals surface area contributed by atoms with Crippen molar-refractivity contribution in [3.8, 4) is 0 Å². The zero-order valence-corrected chi connectivity index (χ0v) is 26.2. The monoisotopic (exact) mass is 569 g/mol. The molecule has 5 nitrogen and oxygen atoms in total. The fourth-order valence-electron chi connectivity index (χ4n) is 4.56. The third-order valence-corrected chi connectivity index (χ3v) is 9.79. The number of benzene rings is 3. The molecule has 7 heteroatoms. The van der Waals surface area contributed by atoms with Crippen LogP contribution in [0.3, 0.4) is 0 Å². The van der Waals surface area contributed by atoms with Gasteiger partial charge in [-0.05, 0) is 72.9 Å². The number of nitrogens with one attached hydrogen (secondary N) is 1. The molecular formula is C32H43NO4S2. The molecule has 212 valence electrons. The zero-order chi connectivity index (χ0) is 29.1. The van der Waals surface area contributed by atoms with Gasteiger partial charge in [0, 0.05) is 0 Å². The van der Waals surface area contributed by atoms with Crippen molar-refractivity contribution in [1.82, 2.24) is 4.72 Å². The minimum atomic E-state index is -3.90. The summed E-state index contributed by atoms with van der Waals surface area (Å²) >= 11 is -1.84. The van der Waals surface area contributed by atoms with Crippen LogP contribution in [-0.4, -0.2) is 18.2 Å². The van der Waals surface area contributed by atoms with E-state index >= 15 is 0 Å². The molecule has 0 saturated heterocycles. The van der Waals surface area contributed by atoms with Gasteiger partial charge in [0.1, 0.15) is 5.60 Å². The van der Waals surface area contributed by atoms with Crippen LogP contribution < -0.4 is 4.72 Å². The molecule has 3 rings (SSSR count). The van der Waals surface area contributed by atoms with Gasteiger partial charge in [0.25, 0.3) is 0 Å². The lowest BCUT2D eigenvalue weighted by Gasteiger charge is -2.35. The van der Waals surface area contributed by atoms with Gasteiger partial charge in [-0.1, -0.05) is 102 Å². The first-order chi connectivity index (χ1) is 18.1. The summed E-state index contributed by atoms with van der Waals surface area (Å²) in [7, 11) is -3.90. The van der Waals surface area contributed by atoms with E-state index in [2.05, 4.69) is 58.4 Å². The summed E-state index contributed by atoms with van der Waals surface area (Å²) in [5.74, 6) is 0.604. The van der Waals surface area contributed by atoms with E-state index in [1.807, 2.05) is 37.3 Å². The van der Waals surface area contributed by atoms with Crippen molar-refractivity contribution < 1.29 is 16.8 Å². The number of aryl methyl sites for hydroxylation is 1. The van der Waals surface area contributed by atoms with Crippen molar-refractivity contribution in [2.75, 3.05) is 0 Å². The number of rotatable bonds is 11. The molecule has 0 aliphatic carbocycles. The molecule has 0 unspecified atom stereocenters. The van der Waals surface area contributed by atoms with Gasteiger partial charge in [0.2, 0.25) is 10.0 Å². The van der Waals surface area contributed by atoms with E-state index in [0.717, 1.165) is 22.3 Å². The van der Waals surface area contributed by atoms with E-state index in [1.54, 1.807) is 38.1 Å². The fraction of sp³-hybridized carbons (Fsp3) is 0.438. The highest BCUT2D eigenvalue weighted by Gasteiger charge is 2.38. The van der Waals surface area contributed by atoms with Crippen LogP contribution in [0.4, 0.5) is 0 Å². The molecule has 0 aliphatic rings. The third-order valence-electron chi connectivity index (χ3n) is 6.97. The first kappa shape index (κ1) is 31.2. The summed E-state index contributed by atoms with van der Waals surface area (Å²) < 4.78 is 50.3. The summed E-state index contributed by atoms with van der Waals surface area (Å²) in [6, 6.07) is 19.5. The van der Waals surface area contributed by atoms with E-state index < -0.39 is 32.7 Å². The zero-order valence-electron chi connectivity index (χ0n) is 24.6. The Kier molecular flexibility index (Phi) is 9.97. The van der Waals surface area contributed by atoms with E-state index in [4.69, 9.17) is 4.18 Å². The summed E-state index contributed by atoms with van der Waals surface area (Å²) in [6.07, 6.45) is 0. The third kappa shape index (κ3) is 7.46. The maximum absolute atomic E-state index is 14.1. The lowest BCUT2D eigenvalue weighted by Crippen LogP contribution is -2.44. The Bertz CT molecular complexity index is 1360. The highest BCUT2D eigenvalue weighted by molar-refractivity contribution is 7.89. The second-order valence-electron chi connectivity index (χ2n) is 11.7. The summed E-state index contributed by atoms with van der Waals surface area (Å²) in [5.41, 5.74) is 3.72. The molecule has 0 spiro atoms. The van der Waals surface area contributed by atoms with Gasteiger partial charge in [-0.3, -0.25) is 4.18 Å². The van der Waals surface area contributed by atoms with Crippen molar-refractivity contribution >= 4 is 21.1 Å². The SMILES string of the molecule is Cc1ccc(S(=O)(=O)N[C@H](c2ccccc2)C(C)(C)O[S@](=O)c2c(C(C)C)cc(C(C)C)cc2C(C)C)cc1. The Balaban J connectivity index is 2.08. The normalized spacial score (nSPS) is 14.3. The fourth-order valence-corrected chi connectivity index (χ4v) is 7.47. The van der Waals surface area contributed by atoms with E-state index in [1.165, 1.54) is 5.56 Å². The Morgan fingerprint density at radius 3 is 1.74 bits per heavy atom. The van der Waals surface area contributed by atoms with Crippen LogP contribution in [0.2, 0.25) is 0 Å². The summed E-state index contributed by atoms with van der Waals surface area (Å²) in [4.78, 5) is 0.852. The van der Waals surface area contributed by atoms with Gasteiger partial charge < -0.3 is 0 Å².